The van der Waals surface area contributed by atoms with E-state index >= 15 is 0 Å². The molecule has 0 spiro atoms. The first-order valence-corrected chi connectivity index (χ1v) is 10.3. The Morgan fingerprint density at radius 2 is 1.90 bits per heavy atom. The molecule has 0 saturated heterocycles. The van der Waals surface area contributed by atoms with Crippen molar-refractivity contribution >= 4 is 29.3 Å². The lowest BCUT2D eigenvalue weighted by Crippen LogP contribution is -2.28. The minimum atomic E-state index is -0.338. The molecule has 3 rings (SSSR count). The number of ether oxygens (including phenoxy) is 1. The van der Waals surface area contributed by atoms with Crippen molar-refractivity contribution in [2.45, 2.75) is 18.1 Å². The van der Waals surface area contributed by atoms with E-state index in [9.17, 15) is 9.59 Å². The molecular formula is C21H23N5O3S. The van der Waals surface area contributed by atoms with Gasteiger partial charge in [-0.15, -0.1) is 10.2 Å². The van der Waals surface area contributed by atoms with Crippen molar-refractivity contribution in [2.24, 2.45) is 7.05 Å². The van der Waals surface area contributed by atoms with Crippen LogP contribution in [0.25, 0.3) is 0 Å². The largest absolute Gasteiger partial charge is 0.497 e. The Morgan fingerprint density at radius 1 is 1.13 bits per heavy atom. The number of methoxy groups -OCH3 is 1. The number of carbonyl (C=O) groups is 2. The summed E-state index contributed by atoms with van der Waals surface area (Å²) in [6.45, 7) is 1.84. The maximum atomic E-state index is 12.3. The molecule has 3 aromatic rings. The van der Waals surface area contributed by atoms with Crippen molar-refractivity contribution in [1.29, 1.82) is 0 Å². The second kappa shape index (κ2) is 9.93. The molecule has 1 aromatic heterocycles. The molecule has 8 nitrogen and oxygen atoms in total. The molecule has 0 aliphatic heterocycles. The monoisotopic (exact) mass is 425 g/mol. The van der Waals surface area contributed by atoms with E-state index in [0.29, 0.717) is 28.0 Å². The number of aromatic nitrogens is 3. The van der Waals surface area contributed by atoms with Gasteiger partial charge in [-0.05, 0) is 31.2 Å². The molecule has 156 valence electrons. The van der Waals surface area contributed by atoms with Crippen molar-refractivity contribution in [3.8, 4) is 5.75 Å². The number of thioether (sulfide) groups is 1. The average Bonchev–Trinajstić information content (AvgIpc) is 3.13. The van der Waals surface area contributed by atoms with Crippen LogP contribution in [0.3, 0.4) is 0 Å². The van der Waals surface area contributed by atoms with Crippen LogP contribution in [-0.4, -0.2) is 39.4 Å². The summed E-state index contributed by atoms with van der Waals surface area (Å²) in [5.74, 6) is 1.11. The Hall–Kier alpha value is -3.33. The average molecular weight is 426 g/mol. The first-order valence-electron chi connectivity index (χ1n) is 9.30. The number of hydrogen-bond donors (Lipinski definition) is 2. The minimum absolute atomic E-state index is 0.164. The molecule has 30 heavy (non-hydrogen) atoms. The van der Waals surface area contributed by atoms with E-state index in [2.05, 4.69) is 20.8 Å². The van der Waals surface area contributed by atoms with Crippen LogP contribution in [0.5, 0.6) is 5.75 Å². The zero-order valence-corrected chi connectivity index (χ0v) is 17.8. The fourth-order valence-electron chi connectivity index (χ4n) is 2.79. The van der Waals surface area contributed by atoms with Gasteiger partial charge in [0.2, 0.25) is 5.91 Å². The van der Waals surface area contributed by atoms with E-state index in [-0.39, 0.29) is 23.6 Å². The SMILES string of the molecule is COc1cccc(NC(=O)CSc2nnc([C@H](C)NC(=O)c3ccccc3)n2C)c1. The van der Waals surface area contributed by atoms with Gasteiger partial charge in [-0.2, -0.15) is 0 Å². The second-order valence-electron chi connectivity index (χ2n) is 6.53. The van der Waals surface area contributed by atoms with Crippen LogP contribution in [0.15, 0.2) is 59.8 Å². The van der Waals surface area contributed by atoms with Gasteiger partial charge < -0.3 is 19.9 Å². The van der Waals surface area contributed by atoms with Crippen molar-refractivity contribution in [1.82, 2.24) is 20.1 Å². The van der Waals surface area contributed by atoms with Crippen molar-refractivity contribution in [2.75, 3.05) is 18.2 Å². The lowest BCUT2D eigenvalue weighted by molar-refractivity contribution is -0.113. The van der Waals surface area contributed by atoms with E-state index in [1.807, 2.05) is 44.3 Å². The number of nitrogens with one attached hydrogen (secondary N) is 2. The number of hydrogen-bond acceptors (Lipinski definition) is 6. The number of rotatable bonds is 8. The topological polar surface area (TPSA) is 98.1 Å². The molecule has 0 unspecified atom stereocenters. The van der Waals surface area contributed by atoms with Crippen molar-refractivity contribution in [3.05, 3.63) is 66.0 Å². The Kier molecular flexibility index (Phi) is 7.08. The third-order valence-corrected chi connectivity index (χ3v) is 5.35. The summed E-state index contributed by atoms with van der Waals surface area (Å²) in [6.07, 6.45) is 0. The quantitative estimate of drug-likeness (QED) is 0.539. The van der Waals surface area contributed by atoms with Gasteiger partial charge in [0, 0.05) is 24.4 Å². The number of amides is 2. The standard InChI is InChI=1S/C21H23N5O3S/c1-14(22-20(28)15-8-5-4-6-9-15)19-24-25-21(26(19)2)30-13-18(27)23-16-10-7-11-17(12-16)29-3/h4-12,14H,13H2,1-3H3,(H,22,28)(H,23,27)/t14-/m0/s1. The number of benzene rings is 2. The third-order valence-electron chi connectivity index (χ3n) is 4.33. The number of anilines is 1. The second-order valence-corrected chi connectivity index (χ2v) is 7.47. The van der Waals surface area contributed by atoms with Gasteiger partial charge >= 0.3 is 0 Å². The summed E-state index contributed by atoms with van der Waals surface area (Å²) in [7, 11) is 3.38. The fraction of sp³-hybridized carbons (Fsp3) is 0.238. The molecular weight excluding hydrogens is 402 g/mol. The molecule has 9 heteroatoms. The Balaban J connectivity index is 1.56. The number of carbonyl (C=O) groups excluding carboxylic acids is 2. The lowest BCUT2D eigenvalue weighted by Gasteiger charge is -2.13. The first-order chi connectivity index (χ1) is 14.5. The molecule has 0 radical (unpaired) electrons. The molecule has 0 saturated carbocycles. The van der Waals surface area contributed by atoms with Crippen molar-refractivity contribution in [3.63, 3.8) is 0 Å². The van der Waals surface area contributed by atoms with Gasteiger partial charge in [-0.1, -0.05) is 36.0 Å². The Morgan fingerprint density at radius 3 is 2.63 bits per heavy atom. The maximum absolute atomic E-state index is 12.3. The maximum Gasteiger partial charge on any atom is 0.251 e. The first kappa shape index (κ1) is 21.4. The predicted molar refractivity (Wildman–Crippen MR) is 116 cm³/mol. The summed E-state index contributed by atoms with van der Waals surface area (Å²) in [6, 6.07) is 15.8. The molecule has 2 N–H and O–H groups in total. The van der Waals surface area contributed by atoms with Crippen LogP contribution in [0.1, 0.15) is 29.1 Å². The van der Waals surface area contributed by atoms with Crippen LogP contribution in [0, 0.1) is 0 Å². The fourth-order valence-corrected chi connectivity index (χ4v) is 3.51. The van der Waals surface area contributed by atoms with E-state index in [0.717, 1.165) is 0 Å². The highest BCUT2D eigenvalue weighted by Gasteiger charge is 2.19. The van der Waals surface area contributed by atoms with Crippen LogP contribution in [0.4, 0.5) is 5.69 Å². The Bertz CT molecular complexity index is 1020. The smallest absolute Gasteiger partial charge is 0.251 e. The van der Waals surface area contributed by atoms with Crippen LogP contribution in [-0.2, 0) is 11.8 Å². The summed E-state index contributed by atoms with van der Waals surface area (Å²) in [4.78, 5) is 24.6. The highest BCUT2D eigenvalue weighted by Crippen LogP contribution is 2.21. The minimum Gasteiger partial charge on any atom is -0.497 e. The van der Waals surface area contributed by atoms with E-state index in [4.69, 9.17) is 4.74 Å². The highest BCUT2D eigenvalue weighted by atomic mass is 32.2. The summed E-state index contributed by atoms with van der Waals surface area (Å²) >= 11 is 1.27. The van der Waals surface area contributed by atoms with Crippen molar-refractivity contribution < 1.29 is 14.3 Å². The van der Waals surface area contributed by atoms with E-state index in [1.165, 1.54) is 11.8 Å². The zero-order valence-electron chi connectivity index (χ0n) is 17.0. The van der Waals surface area contributed by atoms with Gasteiger partial charge in [0.15, 0.2) is 11.0 Å². The molecule has 1 atom stereocenters. The third kappa shape index (κ3) is 5.38. The molecule has 0 bridgehead atoms. The normalized spacial score (nSPS) is 11.6. The molecule has 2 aromatic carbocycles. The van der Waals surface area contributed by atoms with Crippen LogP contribution >= 0.6 is 11.8 Å². The highest BCUT2D eigenvalue weighted by molar-refractivity contribution is 7.99. The molecule has 1 heterocycles. The predicted octanol–water partition coefficient (Wildman–Crippen LogP) is 3.05. The summed E-state index contributed by atoms with van der Waals surface area (Å²) in [5.41, 5.74) is 1.24. The zero-order chi connectivity index (χ0) is 21.5. The molecule has 0 aliphatic carbocycles. The number of nitrogens with zero attached hydrogens (tertiary/aromatic N) is 3. The summed E-state index contributed by atoms with van der Waals surface area (Å²) < 4.78 is 6.93. The van der Waals surface area contributed by atoms with Crippen LogP contribution in [0.2, 0.25) is 0 Å². The summed E-state index contributed by atoms with van der Waals surface area (Å²) in [5, 5.41) is 14.7. The van der Waals surface area contributed by atoms with Gasteiger partial charge in [0.25, 0.3) is 5.91 Å². The van der Waals surface area contributed by atoms with E-state index in [1.54, 1.807) is 35.9 Å². The lowest BCUT2D eigenvalue weighted by atomic mass is 10.2. The van der Waals surface area contributed by atoms with E-state index < -0.39 is 0 Å². The van der Waals surface area contributed by atoms with Gasteiger partial charge in [-0.25, -0.2) is 0 Å². The van der Waals surface area contributed by atoms with Gasteiger partial charge in [0.1, 0.15) is 5.75 Å². The molecule has 0 fully saturated rings. The Labute approximate surface area is 179 Å². The van der Waals surface area contributed by atoms with Crippen LogP contribution < -0.4 is 15.4 Å². The molecule has 0 aliphatic rings. The molecule has 2 amide bonds. The van der Waals surface area contributed by atoms with Gasteiger partial charge in [0.05, 0.1) is 18.9 Å². The van der Waals surface area contributed by atoms with Gasteiger partial charge in [-0.3, -0.25) is 9.59 Å².